The number of azo groups is 1. The van der Waals surface area contributed by atoms with Gasteiger partial charge in [-0.2, -0.15) is 10.2 Å². The van der Waals surface area contributed by atoms with Crippen LogP contribution in [0.1, 0.15) is 109 Å². The van der Waals surface area contributed by atoms with Gasteiger partial charge < -0.3 is 20.7 Å². The van der Waals surface area contributed by atoms with E-state index >= 15 is 0 Å². The monoisotopic (exact) mass is 516 g/mol. The molecule has 6 N–H and O–H groups in total. The summed E-state index contributed by atoms with van der Waals surface area (Å²) < 4.78 is 0. The van der Waals surface area contributed by atoms with Gasteiger partial charge >= 0.3 is 0 Å². The van der Waals surface area contributed by atoms with Gasteiger partial charge in [-0.05, 0) is 103 Å². The minimum absolute atomic E-state index is 0.295. The lowest BCUT2D eigenvalue weighted by Crippen LogP contribution is -2.64. The average molecular weight is 517 g/mol. The summed E-state index contributed by atoms with van der Waals surface area (Å²) in [6.45, 7) is 25.8. The second-order valence-electron chi connectivity index (χ2n) is 11.7. The molecule has 0 bridgehead atoms. The van der Waals surface area contributed by atoms with E-state index in [0.29, 0.717) is 22.1 Å². The van der Waals surface area contributed by atoms with E-state index in [4.69, 9.17) is 46.3 Å². The fourth-order valence-corrected chi connectivity index (χ4v) is 5.74. The molecule has 8 nitrogen and oxygen atoms in total. The van der Waals surface area contributed by atoms with Crippen LogP contribution >= 0.6 is 24.4 Å². The summed E-state index contributed by atoms with van der Waals surface area (Å²) in [7, 11) is 0. The third-order valence-electron chi connectivity index (χ3n) is 6.63. The standard InChI is InChI=1S/C24H52N8S2/c1-13-21(7,8)31(19(33)27-25)23(11,15-17(3)4)29-30-24(12,16-18(5)6)32(20(34)28-26)22(9,10)14-2/h17-18H,13-16,25-26H2,1-12H3,(H,27,33)(H,28,34)/b30-29+. The van der Waals surface area contributed by atoms with Crippen LogP contribution in [0, 0.1) is 11.8 Å². The van der Waals surface area contributed by atoms with E-state index in [1.165, 1.54) is 0 Å². The summed E-state index contributed by atoms with van der Waals surface area (Å²) in [6.07, 6.45) is 3.21. The fraction of sp³-hybridized carbons (Fsp3) is 0.917. The highest BCUT2D eigenvalue weighted by Crippen LogP contribution is 2.38. The molecule has 0 amide bonds. The molecule has 2 atom stereocenters. The minimum atomic E-state index is -0.727. The van der Waals surface area contributed by atoms with Crippen LogP contribution < -0.4 is 22.5 Å². The van der Waals surface area contributed by atoms with Crippen molar-refractivity contribution >= 4 is 34.7 Å². The Bertz CT molecular complexity index is 649. The number of thiocarbonyl (C=S) groups is 2. The highest BCUT2D eigenvalue weighted by atomic mass is 32.1. The van der Waals surface area contributed by atoms with Crippen molar-refractivity contribution < 1.29 is 0 Å². The van der Waals surface area contributed by atoms with Crippen molar-refractivity contribution in [3.8, 4) is 0 Å². The highest BCUT2D eigenvalue weighted by Gasteiger charge is 2.46. The quantitative estimate of drug-likeness (QED) is 0.118. The molecule has 0 fully saturated rings. The Balaban J connectivity index is 7.04. The van der Waals surface area contributed by atoms with E-state index in [1.54, 1.807) is 0 Å². The van der Waals surface area contributed by atoms with Crippen LogP contribution in [0.25, 0.3) is 0 Å². The van der Waals surface area contributed by atoms with Gasteiger partial charge in [0.05, 0.1) is 0 Å². The Morgan fingerprint density at radius 3 is 1.15 bits per heavy atom. The molecule has 0 saturated heterocycles. The maximum atomic E-state index is 5.83. The zero-order valence-electron chi connectivity index (χ0n) is 23.7. The van der Waals surface area contributed by atoms with Gasteiger partial charge in [-0.1, -0.05) is 41.5 Å². The SMILES string of the molecule is CCC(C)(C)N(C(=S)NN)C(C)(CC(C)C)/N=N/C(C)(CC(C)C)N(C(=S)NN)C(C)(C)CC. The second kappa shape index (κ2) is 12.7. The normalized spacial score (nSPS) is 16.4. The molecule has 0 aliphatic carbocycles. The average Bonchev–Trinajstić information content (AvgIpc) is 2.70. The Hall–Kier alpha value is -1.10. The van der Waals surface area contributed by atoms with Gasteiger partial charge in [-0.25, -0.2) is 11.7 Å². The molecule has 0 aromatic carbocycles. The molecular formula is C24H52N8S2. The van der Waals surface area contributed by atoms with Gasteiger partial charge in [0.15, 0.2) is 21.6 Å². The molecular weight excluding hydrogens is 464 g/mol. The van der Waals surface area contributed by atoms with Crippen molar-refractivity contribution in [1.82, 2.24) is 20.7 Å². The molecule has 0 aromatic rings. The summed E-state index contributed by atoms with van der Waals surface area (Å²) in [6, 6.07) is 0. The summed E-state index contributed by atoms with van der Waals surface area (Å²) in [5, 5.41) is 11.1. The molecule has 0 aliphatic rings. The molecule has 2 unspecified atom stereocenters. The van der Waals surface area contributed by atoms with Gasteiger partial charge in [0, 0.05) is 11.1 Å². The first-order valence-corrected chi connectivity index (χ1v) is 13.2. The number of nitrogens with zero attached hydrogens (tertiary/aromatic N) is 4. The molecule has 0 aliphatic heterocycles. The predicted octanol–water partition coefficient (Wildman–Crippen LogP) is 5.44. The van der Waals surface area contributed by atoms with Crippen LogP contribution in [0.2, 0.25) is 0 Å². The number of hydrogen-bond donors (Lipinski definition) is 4. The van der Waals surface area contributed by atoms with E-state index in [9.17, 15) is 0 Å². The smallest absolute Gasteiger partial charge is 0.185 e. The van der Waals surface area contributed by atoms with Gasteiger partial charge in [0.25, 0.3) is 0 Å². The van der Waals surface area contributed by atoms with Crippen molar-refractivity contribution in [3.63, 3.8) is 0 Å². The first-order valence-electron chi connectivity index (χ1n) is 12.4. The number of hydrogen-bond acceptors (Lipinski definition) is 6. The van der Waals surface area contributed by atoms with E-state index < -0.39 is 11.3 Å². The molecule has 34 heavy (non-hydrogen) atoms. The molecule has 0 aromatic heterocycles. The number of rotatable bonds is 12. The largest absolute Gasteiger partial charge is 0.317 e. The van der Waals surface area contributed by atoms with Crippen molar-refractivity contribution in [3.05, 3.63) is 0 Å². The van der Waals surface area contributed by atoms with Crippen LogP contribution in [0.3, 0.4) is 0 Å². The Labute approximate surface area is 220 Å². The van der Waals surface area contributed by atoms with E-state index in [2.05, 4.69) is 104 Å². The molecule has 0 spiro atoms. The van der Waals surface area contributed by atoms with E-state index in [1.807, 2.05) is 0 Å². The zero-order valence-corrected chi connectivity index (χ0v) is 25.4. The minimum Gasteiger partial charge on any atom is -0.317 e. The van der Waals surface area contributed by atoms with Crippen LogP contribution in [0.5, 0.6) is 0 Å². The molecule has 10 heteroatoms. The lowest BCUT2D eigenvalue weighted by atomic mass is 9.90. The Kier molecular flexibility index (Phi) is 12.3. The maximum Gasteiger partial charge on any atom is 0.185 e. The first kappa shape index (κ1) is 32.9. The van der Waals surface area contributed by atoms with Crippen molar-refractivity contribution in [2.45, 2.75) is 131 Å². The molecule has 0 radical (unpaired) electrons. The van der Waals surface area contributed by atoms with Crippen molar-refractivity contribution in [1.29, 1.82) is 0 Å². The number of nitrogens with one attached hydrogen (secondary N) is 2. The van der Waals surface area contributed by atoms with Crippen LogP contribution in [-0.2, 0) is 0 Å². The van der Waals surface area contributed by atoms with Crippen LogP contribution in [0.15, 0.2) is 10.2 Å². The second-order valence-corrected chi connectivity index (χ2v) is 12.5. The molecule has 0 saturated carbocycles. The highest BCUT2D eigenvalue weighted by molar-refractivity contribution is 7.80. The summed E-state index contributed by atoms with van der Waals surface area (Å²) >= 11 is 11.4. The Morgan fingerprint density at radius 1 is 0.706 bits per heavy atom. The summed E-state index contributed by atoms with van der Waals surface area (Å²) in [5.74, 6) is 12.4. The maximum absolute atomic E-state index is 5.83. The topological polar surface area (TPSA) is 107 Å². The lowest BCUT2D eigenvalue weighted by molar-refractivity contribution is 0.0339. The van der Waals surface area contributed by atoms with Crippen LogP contribution in [0.4, 0.5) is 0 Å². The fourth-order valence-electron chi connectivity index (χ4n) is 4.85. The zero-order chi connectivity index (χ0) is 27.1. The van der Waals surface area contributed by atoms with Gasteiger partial charge in [-0.15, -0.1) is 0 Å². The summed E-state index contributed by atoms with van der Waals surface area (Å²) in [5.41, 5.74) is 3.35. The third kappa shape index (κ3) is 8.24. The lowest BCUT2D eigenvalue weighted by Gasteiger charge is -2.51. The first-order chi connectivity index (χ1) is 15.4. The summed E-state index contributed by atoms with van der Waals surface area (Å²) in [4.78, 5) is 4.20. The predicted molar refractivity (Wildman–Crippen MR) is 153 cm³/mol. The van der Waals surface area contributed by atoms with E-state index in [-0.39, 0.29) is 11.1 Å². The Morgan fingerprint density at radius 2 is 0.971 bits per heavy atom. The van der Waals surface area contributed by atoms with Gasteiger partial charge in [0.1, 0.15) is 0 Å². The number of hydrazine groups is 2. The van der Waals surface area contributed by atoms with Crippen molar-refractivity contribution in [2.75, 3.05) is 0 Å². The van der Waals surface area contributed by atoms with Gasteiger partial charge in [0.2, 0.25) is 0 Å². The molecule has 200 valence electrons. The van der Waals surface area contributed by atoms with Gasteiger partial charge in [-0.3, -0.25) is 0 Å². The van der Waals surface area contributed by atoms with E-state index in [0.717, 1.165) is 25.7 Å². The number of nitrogens with two attached hydrogens (primary N) is 2. The molecule has 0 rings (SSSR count). The third-order valence-corrected chi connectivity index (χ3v) is 7.23. The van der Waals surface area contributed by atoms with Crippen molar-refractivity contribution in [2.24, 2.45) is 33.7 Å². The van der Waals surface area contributed by atoms with Crippen LogP contribution in [-0.4, -0.2) is 42.4 Å². The molecule has 0 heterocycles.